The van der Waals surface area contributed by atoms with E-state index in [4.69, 9.17) is 9.47 Å². The van der Waals surface area contributed by atoms with Crippen molar-refractivity contribution in [3.63, 3.8) is 0 Å². The number of aliphatic hydroxyl groups is 1. The van der Waals surface area contributed by atoms with Crippen LogP contribution in [-0.2, 0) is 14.6 Å². The predicted octanol–water partition coefficient (Wildman–Crippen LogP) is 3.70. The fraction of sp³-hybridized carbons (Fsp3) is 0.393. The van der Waals surface area contributed by atoms with E-state index in [9.17, 15) is 13.5 Å². The average molecular weight is 522 g/mol. The standard InChI is InChI=1S/C28H31N3O5S/c1-18-13-24-26-23(19-3-2-4-22(14-19)37(33,34)21-5-6-21)7-8-25(27(26)30-28(24)29-15-18)36-17-20-16-31(9-11-32)10-12-35-20/h2-4,7-8,13-15,20-21,32H,5-6,9-12,16-17H2,1H3,(H,29,30)/t20-/m1/s1. The molecule has 0 bridgehead atoms. The predicted molar refractivity (Wildman–Crippen MR) is 143 cm³/mol. The van der Waals surface area contributed by atoms with Gasteiger partial charge in [0.15, 0.2) is 9.84 Å². The Hall–Kier alpha value is -2.98. The van der Waals surface area contributed by atoms with E-state index in [0.29, 0.717) is 36.9 Å². The number of pyridine rings is 1. The van der Waals surface area contributed by atoms with E-state index in [1.807, 2.05) is 37.4 Å². The van der Waals surface area contributed by atoms with Crippen molar-refractivity contribution >= 4 is 31.8 Å². The topological polar surface area (TPSA) is 105 Å². The van der Waals surface area contributed by atoms with Gasteiger partial charge >= 0.3 is 0 Å². The van der Waals surface area contributed by atoms with Crippen molar-refractivity contribution in [2.75, 3.05) is 39.5 Å². The summed E-state index contributed by atoms with van der Waals surface area (Å²) >= 11 is 0. The summed E-state index contributed by atoms with van der Waals surface area (Å²) < 4.78 is 38.1. The molecule has 0 spiro atoms. The van der Waals surface area contributed by atoms with Crippen LogP contribution in [0.2, 0.25) is 0 Å². The second kappa shape index (κ2) is 9.72. The largest absolute Gasteiger partial charge is 0.489 e. The number of rotatable bonds is 8. The number of sulfone groups is 1. The molecule has 194 valence electrons. The molecule has 4 aromatic rings. The Kier molecular flexibility index (Phi) is 6.40. The highest BCUT2D eigenvalue weighted by Gasteiger charge is 2.37. The number of aromatic amines is 1. The summed E-state index contributed by atoms with van der Waals surface area (Å²) in [5.41, 5.74) is 4.38. The highest BCUT2D eigenvalue weighted by atomic mass is 32.2. The van der Waals surface area contributed by atoms with E-state index in [0.717, 1.165) is 58.0 Å². The lowest BCUT2D eigenvalue weighted by Gasteiger charge is -2.32. The first-order valence-corrected chi connectivity index (χ1v) is 14.3. The van der Waals surface area contributed by atoms with E-state index in [-0.39, 0.29) is 18.0 Å². The zero-order chi connectivity index (χ0) is 25.6. The summed E-state index contributed by atoms with van der Waals surface area (Å²) in [7, 11) is -3.30. The molecule has 37 heavy (non-hydrogen) atoms. The summed E-state index contributed by atoms with van der Waals surface area (Å²) in [6, 6.07) is 13.3. The molecular formula is C28H31N3O5S. The molecule has 0 radical (unpaired) electrons. The molecule has 8 nitrogen and oxygen atoms in total. The number of hydrogen-bond donors (Lipinski definition) is 2. The Labute approximate surface area is 216 Å². The van der Waals surface area contributed by atoms with E-state index in [1.165, 1.54) is 0 Å². The lowest BCUT2D eigenvalue weighted by atomic mass is 9.99. The monoisotopic (exact) mass is 521 g/mol. The number of hydrogen-bond acceptors (Lipinski definition) is 7. The van der Waals surface area contributed by atoms with Crippen LogP contribution in [0.15, 0.2) is 53.6 Å². The molecule has 9 heteroatoms. The van der Waals surface area contributed by atoms with Gasteiger partial charge in [0.25, 0.3) is 0 Å². The van der Waals surface area contributed by atoms with Crippen LogP contribution in [0.3, 0.4) is 0 Å². The zero-order valence-electron chi connectivity index (χ0n) is 20.8. The maximum absolute atomic E-state index is 12.9. The maximum Gasteiger partial charge on any atom is 0.181 e. The van der Waals surface area contributed by atoms with E-state index in [1.54, 1.807) is 12.1 Å². The number of H-pyrrole nitrogens is 1. The van der Waals surface area contributed by atoms with Crippen LogP contribution in [0.5, 0.6) is 5.75 Å². The number of benzene rings is 2. The molecule has 1 aliphatic carbocycles. The molecule has 3 heterocycles. The first-order valence-electron chi connectivity index (χ1n) is 12.8. The highest BCUT2D eigenvalue weighted by molar-refractivity contribution is 7.92. The van der Waals surface area contributed by atoms with Crippen LogP contribution < -0.4 is 4.74 Å². The van der Waals surface area contributed by atoms with Gasteiger partial charge in [-0.15, -0.1) is 0 Å². The molecule has 1 aliphatic heterocycles. The van der Waals surface area contributed by atoms with Crippen LogP contribution in [0.1, 0.15) is 18.4 Å². The summed E-state index contributed by atoms with van der Waals surface area (Å²) in [6.45, 7) is 5.26. The van der Waals surface area contributed by atoms with Crippen LogP contribution in [0, 0.1) is 6.92 Å². The van der Waals surface area contributed by atoms with Gasteiger partial charge in [0, 0.05) is 36.6 Å². The van der Waals surface area contributed by atoms with Gasteiger partial charge in [-0.05, 0) is 66.8 Å². The number of fused-ring (bicyclic) bond motifs is 3. The zero-order valence-corrected chi connectivity index (χ0v) is 21.6. The number of nitrogens with zero attached hydrogens (tertiary/aromatic N) is 2. The van der Waals surface area contributed by atoms with Crippen LogP contribution in [0.4, 0.5) is 0 Å². The Balaban J connectivity index is 1.40. The van der Waals surface area contributed by atoms with Crippen molar-refractivity contribution in [3.05, 3.63) is 54.2 Å². The highest BCUT2D eigenvalue weighted by Crippen LogP contribution is 2.40. The minimum atomic E-state index is -3.30. The summed E-state index contributed by atoms with van der Waals surface area (Å²) in [5, 5.41) is 10.9. The Bertz CT molecular complexity index is 1560. The lowest BCUT2D eigenvalue weighted by Crippen LogP contribution is -2.45. The molecule has 2 fully saturated rings. The molecule has 2 N–H and O–H groups in total. The van der Waals surface area contributed by atoms with E-state index in [2.05, 4.69) is 20.9 Å². The third-order valence-corrected chi connectivity index (χ3v) is 9.46. The quantitative estimate of drug-likeness (QED) is 0.364. The molecule has 1 atom stereocenters. The molecule has 6 rings (SSSR count). The van der Waals surface area contributed by atoms with Gasteiger partial charge in [-0.25, -0.2) is 13.4 Å². The van der Waals surface area contributed by atoms with Crippen LogP contribution in [-0.4, -0.2) is 79.2 Å². The number of ether oxygens (including phenoxy) is 2. The van der Waals surface area contributed by atoms with Crippen LogP contribution >= 0.6 is 0 Å². The van der Waals surface area contributed by atoms with Crippen molar-refractivity contribution in [2.45, 2.75) is 36.0 Å². The number of morpholine rings is 1. The minimum absolute atomic E-state index is 0.0934. The third-order valence-electron chi connectivity index (χ3n) is 7.20. The molecule has 1 saturated heterocycles. The Morgan fingerprint density at radius 1 is 1.22 bits per heavy atom. The van der Waals surface area contributed by atoms with Crippen molar-refractivity contribution in [3.8, 4) is 16.9 Å². The van der Waals surface area contributed by atoms with Gasteiger partial charge in [0.2, 0.25) is 0 Å². The molecule has 1 saturated carbocycles. The smallest absolute Gasteiger partial charge is 0.181 e. The summed E-state index contributed by atoms with van der Waals surface area (Å²) in [6.07, 6.45) is 3.20. The fourth-order valence-corrected chi connectivity index (χ4v) is 6.85. The number of aliphatic hydroxyl groups excluding tert-OH is 1. The van der Waals surface area contributed by atoms with Crippen molar-refractivity contribution in [1.29, 1.82) is 0 Å². The molecule has 0 amide bonds. The minimum Gasteiger partial charge on any atom is -0.489 e. The van der Waals surface area contributed by atoms with Gasteiger partial charge < -0.3 is 19.6 Å². The number of β-amino-alcohol motifs (C(OH)–C–C–N with tert-alkyl or cyclic N) is 1. The summed E-state index contributed by atoms with van der Waals surface area (Å²) in [5.74, 6) is 0.694. The average Bonchev–Trinajstić information content (AvgIpc) is 3.70. The fourth-order valence-electron chi connectivity index (χ4n) is 5.15. The summed E-state index contributed by atoms with van der Waals surface area (Å²) in [4.78, 5) is 10.6. The van der Waals surface area contributed by atoms with E-state index >= 15 is 0 Å². The molecule has 2 aromatic heterocycles. The van der Waals surface area contributed by atoms with E-state index < -0.39 is 9.84 Å². The first-order chi connectivity index (χ1) is 17.9. The van der Waals surface area contributed by atoms with Gasteiger partial charge in [0.1, 0.15) is 24.1 Å². The van der Waals surface area contributed by atoms with Gasteiger partial charge in [-0.2, -0.15) is 0 Å². The number of nitrogens with one attached hydrogen (secondary N) is 1. The van der Waals surface area contributed by atoms with Crippen molar-refractivity contribution in [1.82, 2.24) is 14.9 Å². The van der Waals surface area contributed by atoms with Crippen molar-refractivity contribution < 1.29 is 23.0 Å². The molecule has 2 aromatic carbocycles. The lowest BCUT2D eigenvalue weighted by molar-refractivity contribution is -0.0506. The Morgan fingerprint density at radius 2 is 2.08 bits per heavy atom. The van der Waals surface area contributed by atoms with Gasteiger partial charge in [0.05, 0.1) is 28.9 Å². The number of aryl methyl sites for hydroxylation is 1. The number of aromatic nitrogens is 2. The Morgan fingerprint density at radius 3 is 2.89 bits per heavy atom. The second-order valence-corrected chi connectivity index (χ2v) is 12.2. The third kappa shape index (κ3) is 4.72. The van der Waals surface area contributed by atoms with Crippen LogP contribution in [0.25, 0.3) is 33.1 Å². The molecular weight excluding hydrogens is 490 g/mol. The SMILES string of the molecule is Cc1cnc2[nH]c3c(OC[C@H]4CN(CCO)CCO4)ccc(-c4cccc(S(=O)(=O)C5CC5)c4)c3c2c1. The van der Waals surface area contributed by atoms with Crippen molar-refractivity contribution in [2.24, 2.45) is 0 Å². The molecule has 2 aliphatic rings. The second-order valence-electron chi connectivity index (χ2n) is 10.00. The molecule has 0 unspecified atom stereocenters. The van der Waals surface area contributed by atoms with Gasteiger partial charge in [-0.1, -0.05) is 12.1 Å². The normalized spacial score (nSPS) is 19.0. The maximum atomic E-state index is 12.9. The first kappa shape index (κ1) is 24.4. The van der Waals surface area contributed by atoms with Gasteiger partial charge in [-0.3, -0.25) is 4.90 Å².